The Morgan fingerprint density at radius 3 is 2.63 bits per heavy atom. The molecule has 0 aliphatic carbocycles. The fourth-order valence-electron chi connectivity index (χ4n) is 2.82. The largest absolute Gasteiger partial charge is 0.493 e. The van der Waals surface area contributed by atoms with Crippen LogP contribution in [0, 0.1) is 11.3 Å². The number of benzene rings is 1. The Labute approximate surface area is 162 Å². The van der Waals surface area contributed by atoms with Gasteiger partial charge in [-0.1, -0.05) is 6.07 Å². The summed E-state index contributed by atoms with van der Waals surface area (Å²) in [6, 6.07) is 7.16. The van der Waals surface area contributed by atoms with Gasteiger partial charge < -0.3 is 24.7 Å². The van der Waals surface area contributed by atoms with E-state index in [2.05, 4.69) is 0 Å². The standard InChI is InChI=1S/C19H21ClN2O5/c1-4-25-13-7-6-11(8-14(13)24-3)16-12(10-21)18(22)27-15(9-20)17(16)19(23)26-5-2/h6-8,16H,4-5,9,22H2,1-3H3. The predicted molar refractivity (Wildman–Crippen MR) is 99.2 cm³/mol. The van der Waals surface area contributed by atoms with Gasteiger partial charge in [-0.2, -0.15) is 5.26 Å². The van der Waals surface area contributed by atoms with Crippen molar-refractivity contribution in [3.8, 4) is 17.6 Å². The fraction of sp³-hybridized carbons (Fsp3) is 0.368. The summed E-state index contributed by atoms with van der Waals surface area (Å²) in [4.78, 5) is 12.6. The van der Waals surface area contributed by atoms with Crippen molar-refractivity contribution in [1.82, 2.24) is 0 Å². The van der Waals surface area contributed by atoms with Crippen LogP contribution in [0.25, 0.3) is 0 Å². The van der Waals surface area contributed by atoms with Crippen LogP contribution < -0.4 is 15.2 Å². The minimum absolute atomic E-state index is 0.0955. The van der Waals surface area contributed by atoms with Gasteiger partial charge in [-0.05, 0) is 31.5 Å². The fourth-order valence-corrected chi connectivity index (χ4v) is 3.02. The van der Waals surface area contributed by atoms with Crippen LogP contribution in [0.15, 0.2) is 41.0 Å². The van der Waals surface area contributed by atoms with Gasteiger partial charge in [-0.3, -0.25) is 0 Å². The van der Waals surface area contributed by atoms with Crippen LogP contribution in [0.1, 0.15) is 25.3 Å². The van der Waals surface area contributed by atoms with E-state index >= 15 is 0 Å². The van der Waals surface area contributed by atoms with Crippen LogP contribution in [0.5, 0.6) is 11.5 Å². The number of halogens is 1. The molecule has 1 aliphatic heterocycles. The summed E-state index contributed by atoms with van der Waals surface area (Å²) in [5, 5.41) is 9.62. The maximum atomic E-state index is 12.6. The molecule has 0 fully saturated rings. The molecule has 1 aliphatic rings. The van der Waals surface area contributed by atoms with Crippen molar-refractivity contribution < 1.29 is 23.7 Å². The molecule has 0 amide bonds. The van der Waals surface area contributed by atoms with Gasteiger partial charge in [0.2, 0.25) is 5.88 Å². The van der Waals surface area contributed by atoms with Crippen LogP contribution in [-0.4, -0.2) is 32.2 Å². The van der Waals surface area contributed by atoms with Gasteiger partial charge in [0.1, 0.15) is 17.4 Å². The molecule has 0 spiro atoms. The molecule has 0 saturated heterocycles. The van der Waals surface area contributed by atoms with Crippen molar-refractivity contribution in [3.05, 3.63) is 46.6 Å². The first kappa shape index (κ1) is 20.5. The average Bonchev–Trinajstić information content (AvgIpc) is 2.67. The number of ether oxygens (including phenoxy) is 4. The number of nitriles is 1. The van der Waals surface area contributed by atoms with E-state index in [-0.39, 0.29) is 35.3 Å². The number of nitrogens with two attached hydrogens (primary N) is 1. The molecule has 1 aromatic rings. The van der Waals surface area contributed by atoms with E-state index in [1.807, 2.05) is 13.0 Å². The minimum Gasteiger partial charge on any atom is -0.493 e. The SMILES string of the molecule is CCOC(=O)C1=C(CCl)OC(N)=C(C#N)C1c1ccc(OCC)c(OC)c1. The quantitative estimate of drug-likeness (QED) is 0.561. The zero-order chi connectivity index (χ0) is 20.0. The molecule has 0 aromatic heterocycles. The van der Waals surface area contributed by atoms with E-state index in [1.54, 1.807) is 25.1 Å². The summed E-state index contributed by atoms with van der Waals surface area (Å²) < 4.78 is 21.5. The maximum absolute atomic E-state index is 12.6. The van der Waals surface area contributed by atoms with E-state index in [0.717, 1.165) is 0 Å². The van der Waals surface area contributed by atoms with E-state index in [4.69, 9.17) is 36.3 Å². The lowest BCUT2D eigenvalue weighted by Crippen LogP contribution is -2.26. The highest BCUT2D eigenvalue weighted by Crippen LogP contribution is 2.42. The normalized spacial score (nSPS) is 16.5. The van der Waals surface area contributed by atoms with Crippen LogP contribution >= 0.6 is 11.6 Å². The Morgan fingerprint density at radius 1 is 1.33 bits per heavy atom. The zero-order valence-electron chi connectivity index (χ0n) is 15.4. The number of esters is 1. The summed E-state index contributed by atoms with van der Waals surface area (Å²) >= 11 is 5.96. The van der Waals surface area contributed by atoms with Gasteiger partial charge in [-0.15, -0.1) is 11.6 Å². The lowest BCUT2D eigenvalue weighted by Gasteiger charge is -2.27. The van der Waals surface area contributed by atoms with Crippen molar-refractivity contribution in [3.63, 3.8) is 0 Å². The number of hydrogen-bond donors (Lipinski definition) is 1. The molecule has 1 unspecified atom stereocenters. The third-order valence-electron chi connectivity index (χ3n) is 3.93. The summed E-state index contributed by atoms with van der Waals surface area (Å²) in [5.74, 6) is -0.438. The van der Waals surface area contributed by atoms with Crippen LogP contribution in [0.3, 0.4) is 0 Å². The summed E-state index contributed by atoms with van der Waals surface area (Å²) in [5.41, 5.74) is 6.74. The molecule has 0 saturated carbocycles. The maximum Gasteiger partial charge on any atom is 0.338 e. The van der Waals surface area contributed by atoms with Gasteiger partial charge in [0.15, 0.2) is 11.5 Å². The average molecular weight is 393 g/mol. The highest BCUT2D eigenvalue weighted by molar-refractivity contribution is 6.19. The number of hydrogen-bond acceptors (Lipinski definition) is 7. The second-order valence-electron chi connectivity index (χ2n) is 5.46. The molecule has 2 N–H and O–H groups in total. The van der Waals surface area contributed by atoms with Crippen molar-refractivity contribution in [2.24, 2.45) is 5.73 Å². The zero-order valence-corrected chi connectivity index (χ0v) is 16.1. The van der Waals surface area contributed by atoms with Gasteiger partial charge in [-0.25, -0.2) is 4.79 Å². The number of carbonyl (C=O) groups is 1. The van der Waals surface area contributed by atoms with Gasteiger partial charge in [0.05, 0.1) is 37.7 Å². The summed E-state index contributed by atoms with van der Waals surface area (Å²) in [6.45, 7) is 4.18. The lowest BCUT2D eigenvalue weighted by atomic mass is 9.83. The monoisotopic (exact) mass is 392 g/mol. The van der Waals surface area contributed by atoms with Gasteiger partial charge >= 0.3 is 5.97 Å². The van der Waals surface area contributed by atoms with E-state index in [9.17, 15) is 10.1 Å². The van der Waals surface area contributed by atoms with Crippen molar-refractivity contribution in [2.75, 3.05) is 26.2 Å². The Bertz CT molecular complexity index is 826. The first-order valence-corrected chi connectivity index (χ1v) is 8.90. The molecule has 8 heteroatoms. The molecule has 1 atom stereocenters. The molecular weight excluding hydrogens is 372 g/mol. The molecule has 1 aromatic carbocycles. The molecule has 1 heterocycles. The molecule has 144 valence electrons. The number of nitrogens with zero attached hydrogens (tertiary/aromatic N) is 1. The topological polar surface area (TPSA) is 104 Å². The second kappa shape index (κ2) is 9.19. The molecule has 0 bridgehead atoms. The van der Waals surface area contributed by atoms with Crippen LogP contribution in [-0.2, 0) is 14.3 Å². The molecule has 2 rings (SSSR count). The lowest BCUT2D eigenvalue weighted by molar-refractivity contribution is -0.139. The number of alkyl halides is 1. The Balaban J connectivity index is 2.66. The predicted octanol–water partition coefficient (Wildman–Crippen LogP) is 2.96. The van der Waals surface area contributed by atoms with Crippen molar-refractivity contribution in [2.45, 2.75) is 19.8 Å². The summed E-state index contributed by atoms with van der Waals surface area (Å²) in [7, 11) is 1.51. The summed E-state index contributed by atoms with van der Waals surface area (Å²) in [6.07, 6.45) is 0. The van der Waals surface area contributed by atoms with Crippen molar-refractivity contribution >= 4 is 17.6 Å². The van der Waals surface area contributed by atoms with Gasteiger partial charge in [0, 0.05) is 0 Å². The van der Waals surface area contributed by atoms with E-state index in [1.165, 1.54) is 7.11 Å². The highest BCUT2D eigenvalue weighted by Gasteiger charge is 2.37. The van der Waals surface area contributed by atoms with Crippen LogP contribution in [0.2, 0.25) is 0 Å². The van der Waals surface area contributed by atoms with E-state index < -0.39 is 11.9 Å². The number of methoxy groups -OCH3 is 1. The molecule has 7 nitrogen and oxygen atoms in total. The smallest absolute Gasteiger partial charge is 0.338 e. The molecular formula is C19H21ClN2O5. The highest BCUT2D eigenvalue weighted by atomic mass is 35.5. The first-order valence-electron chi connectivity index (χ1n) is 8.36. The van der Waals surface area contributed by atoms with Crippen LogP contribution in [0.4, 0.5) is 0 Å². The van der Waals surface area contributed by atoms with Crippen molar-refractivity contribution in [1.29, 1.82) is 5.26 Å². The second-order valence-corrected chi connectivity index (χ2v) is 5.73. The number of carbonyl (C=O) groups excluding carboxylic acids is 1. The third-order valence-corrected chi connectivity index (χ3v) is 4.18. The number of allylic oxidation sites excluding steroid dienone is 2. The Kier molecular flexibility index (Phi) is 6.97. The Hall–Kier alpha value is -2.85. The van der Waals surface area contributed by atoms with E-state index in [0.29, 0.717) is 23.7 Å². The third kappa shape index (κ3) is 4.12. The van der Waals surface area contributed by atoms with Gasteiger partial charge in [0.25, 0.3) is 0 Å². The Morgan fingerprint density at radius 2 is 2.07 bits per heavy atom. The molecule has 27 heavy (non-hydrogen) atoms. The first-order chi connectivity index (χ1) is 13.0. The minimum atomic E-state index is -0.791. The molecule has 0 radical (unpaired) electrons. The number of rotatable bonds is 7.